The first kappa shape index (κ1) is 17.7. The fourth-order valence-electron chi connectivity index (χ4n) is 3.24. The second kappa shape index (κ2) is 6.64. The minimum Gasteiger partial charge on any atom is -0.467 e. The van der Waals surface area contributed by atoms with Crippen LogP contribution in [0.25, 0.3) is 0 Å². The van der Waals surface area contributed by atoms with Gasteiger partial charge in [-0.3, -0.25) is 0 Å². The molecule has 1 aliphatic rings. The third-order valence-electron chi connectivity index (χ3n) is 4.93. The summed E-state index contributed by atoms with van der Waals surface area (Å²) in [6, 6.07) is 11.5. The van der Waals surface area contributed by atoms with Gasteiger partial charge >= 0.3 is 5.23 Å². The Balaban J connectivity index is 2.07. The third-order valence-corrected chi connectivity index (χ3v) is 6.51. The highest BCUT2D eigenvalue weighted by molar-refractivity contribution is 8.06. The van der Waals surface area contributed by atoms with Crippen LogP contribution in [0.2, 0.25) is 0 Å². The standard InChI is InChI=1S/C20H23NO3S/c1-13-6-5-7-18(15(13)3)16(4)19-12-17(9-8-14(19)2)25(22,23)20-21-10-11-24-20/h5-9,12,16H,10-11H2,1-4H3. The second-order valence-electron chi connectivity index (χ2n) is 6.53. The molecule has 4 nitrogen and oxygen atoms in total. The summed E-state index contributed by atoms with van der Waals surface area (Å²) in [5.74, 6) is 0.0986. The SMILES string of the molecule is Cc1ccc(S(=O)(=O)C2=NCCO2)cc1C(C)c1cccc(C)c1C. The lowest BCUT2D eigenvalue weighted by Crippen LogP contribution is -2.16. The predicted molar refractivity (Wildman–Crippen MR) is 100 cm³/mol. The Kier molecular flexibility index (Phi) is 4.69. The normalized spacial score (nSPS) is 15.6. The Labute approximate surface area is 149 Å². The van der Waals surface area contributed by atoms with E-state index in [-0.39, 0.29) is 16.0 Å². The molecule has 0 aliphatic carbocycles. The van der Waals surface area contributed by atoms with Crippen molar-refractivity contribution >= 4 is 15.1 Å². The van der Waals surface area contributed by atoms with Crippen LogP contribution >= 0.6 is 0 Å². The van der Waals surface area contributed by atoms with Crippen molar-refractivity contribution in [3.63, 3.8) is 0 Å². The number of ether oxygens (including phenoxy) is 1. The van der Waals surface area contributed by atoms with E-state index < -0.39 is 9.84 Å². The van der Waals surface area contributed by atoms with E-state index in [2.05, 4.69) is 37.9 Å². The molecule has 5 heteroatoms. The molecule has 0 aromatic heterocycles. The van der Waals surface area contributed by atoms with Crippen molar-refractivity contribution in [2.24, 2.45) is 4.99 Å². The fourth-order valence-corrected chi connectivity index (χ4v) is 4.47. The van der Waals surface area contributed by atoms with Gasteiger partial charge in [-0.1, -0.05) is 31.2 Å². The fraction of sp³-hybridized carbons (Fsp3) is 0.350. The topological polar surface area (TPSA) is 55.7 Å². The molecule has 0 spiro atoms. The largest absolute Gasteiger partial charge is 0.467 e. The molecule has 0 amide bonds. The number of aryl methyl sites for hydroxylation is 2. The first-order chi connectivity index (χ1) is 11.8. The Bertz CT molecular complexity index is 945. The van der Waals surface area contributed by atoms with Crippen LogP contribution in [-0.2, 0) is 14.6 Å². The molecule has 1 aliphatic heterocycles. The molecule has 0 bridgehead atoms. The minimum absolute atomic E-state index is 0.0986. The number of hydrogen-bond acceptors (Lipinski definition) is 4. The first-order valence-corrected chi connectivity index (χ1v) is 9.89. The maximum Gasteiger partial charge on any atom is 0.310 e. The van der Waals surface area contributed by atoms with Gasteiger partial charge < -0.3 is 4.74 Å². The number of aliphatic imine (C=N–C) groups is 1. The van der Waals surface area contributed by atoms with Crippen LogP contribution in [0.1, 0.15) is 40.7 Å². The number of hydrogen-bond donors (Lipinski definition) is 0. The second-order valence-corrected chi connectivity index (χ2v) is 8.36. The molecular weight excluding hydrogens is 334 g/mol. The molecule has 1 heterocycles. The summed E-state index contributed by atoms with van der Waals surface area (Å²) in [5.41, 5.74) is 5.77. The van der Waals surface area contributed by atoms with Gasteiger partial charge in [-0.05, 0) is 60.7 Å². The van der Waals surface area contributed by atoms with Crippen molar-refractivity contribution in [1.29, 1.82) is 0 Å². The molecule has 132 valence electrons. The Hall–Kier alpha value is -2.14. The molecule has 2 aromatic rings. The third kappa shape index (κ3) is 3.21. The molecule has 2 aromatic carbocycles. The summed E-state index contributed by atoms with van der Waals surface area (Å²) in [5, 5.41) is -0.165. The molecule has 3 rings (SSSR count). The van der Waals surface area contributed by atoms with Gasteiger partial charge in [-0.15, -0.1) is 0 Å². The van der Waals surface area contributed by atoms with Gasteiger partial charge in [0.15, 0.2) is 0 Å². The molecule has 25 heavy (non-hydrogen) atoms. The van der Waals surface area contributed by atoms with Crippen LogP contribution in [0, 0.1) is 20.8 Å². The van der Waals surface area contributed by atoms with Crippen LogP contribution in [0.5, 0.6) is 0 Å². The van der Waals surface area contributed by atoms with Crippen LogP contribution < -0.4 is 0 Å². The summed E-state index contributed by atoms with van der Waals surface area (Å²) in [6.45, 7) is 9.05. The number of benzene rings is 2. The van der Waals surface area contributed by atoms with Crippen molar-refractivity contribution in [3.8, 4) is 0 Å². The van der Waals surface area contributed by atoms with Gasteiger partial charge in [0.05, 0.1) is 11.4 Å². The zero-order valence-corrected chi connectivity index (χ0v) is 15.9. The predicted octanol–water partition coefficient (Wildman–Crippen LogP) is 3.92. The Morgan fingerprint density at radius 1 is 1.04 bits per heavy atom. The van der Waals surface area contributed by atoms with E-state index in [1.807, 2.05) is 19.1 Å². The maximum atomic E-state index is 12.7. The van der Waals surface area contributed by atoms with Crippen LogP contribution in [0.3, 0.4) is 0 Å². The summed E-state index contributed by atoms with van der Waals surface area (Å²) in [7, 11) is -3.68. The lowest BCUT2D eigenvalue weighted by atomic mass is 9.86. The van der Waals surface area contributed by atoms with Gasteiger partial charge in [0, 0.05) is 5.92 Å². The lowest BCUT2D eigenvalue weighted by Gasteiger charge is -2.19. The van der Waals surface area contributed by atoms with E-state index in [1.54, 1.807) is 12.1 Å². The van der Waals surface area contributed by atoms with Crippen molar-refractivity contribution in [2.75, 3.05) is 13.2 Å². The number of rotatable bonds is 3. The van der Waals surface area contributed by atoms with Gasteiger partial charge in [-0.2, -0.15) is 0 Å². The maximum absolute atomic E-state index is 12.7. The summed E-state index contributed by atoms with van der Waals surface area (Å²) in [6.07, 6.45) is 0. The van der Waals surface area contributed by atoms with Gasteiger partial charge in [0.1, 0.15) is 6.61 Å². The van der Waals surface area contributed by atoms with E-state index in [1.165, 1.54) is 16.7 Å². The van der Waals surface area contributed by atoms with E-state index in [4.69, 9.17) is 4.74 Å². The van der Waals surface area contributed by atoms with Gasteiger partial charge in [-0.25, -0.2) is 13.4 Å². The highest BCUT2D eigenvalue weighted by Gasteiger charge is 2.28. The molecule has 1 unspecified atom stereocenters. The average molecular weight is 357 g/mol. The molecule has 0 saturated carbocycles. The van der Waals surface area contributed by atoms with Crippen molar-refractivity contribution in [1.82, 2.24) is 0 Å². The molecule has 0 N–H and O–H groups in total. The lowest BCUT2D eigenvalue weighted by molar-refractivity contribution is 0.353. The van der Waals surface area contributed by atoms with E-state index in [9.17, 15) is 8.42 Å². The zero-order chi connectivity index (χ0) is 18.2. The smallest absolute Gasteiger partial charge is 0.310 e. The van der Waals surface area contributed by atoms with Gasteiger partial charge in [0.25, 0.3) is 9.84 Å². The zero-order valence-electron chi connectivity index (χ0n) is 15.0. The summed E-state index contributed by atoms with van der Waals surface area (Å²) < 4.78 is 30.6. The quantitative estimate of drug-likeness (QED) is 0.836. The van der Waals surface area contributed by atoms with Crippen LogP contribution in [0.4, 0.5) is 0 Å². The molecule has 0 fully saturated rings. The monoisotopic (exact) mass is 357 g/mol. The van der Waals surface area contributed by atoms with Crippen molar-refractivity contribution in [2.45, 2.75) is 38.5 Å². The summed E-state index contributed by atoms with van der Waals surface area (Å²) in [4.78, 5) is 4.21. The minimum atomic E-state index is -3.68. The molecule has 1 atom stereocenters. The Morgan fingerprint density at radius 3 is 2.48 bits per heavy atom. The summed E-state index contributed by atoms with van der Waals surface area (Å²) >= 11 is 0. The van der Waals surface area contributed by atoms with Crippen LogP contribution in [-0.4, -0.2) is 26.8 Å². The average Bonchev–Trinajstić information content (AvgIpc) is 3.12. The van der Waals surface area contributed by atoms with Crippen molar-refractivity contribution in [3.05, 3.63) is 64.2 Å². The van der Waals surface area contributed by atoms with E-state index in [0.717, 1.165) is 11.1 Å². The Morgan fingerprint density at radius 2 is 1.80 bits per heavy atom. The highest BCUT2D eigenvalue weighted by Crippen LogP contribution is 2.32. The number of sulfone groups is 1. The molecule has 0 saturated heterocycles. The van der Waals surface area contributed by atoms with Crippen LogP contribution in [0.15, 0.2) is 46.3 Å². The molecule has 0 radical (unpaired) electrons. The first-order valence-electron chi connectivity index (χ1n) is 8.41. The number of nitrogens with zero attached hydrogens (tertiary/aromatic N) is 1. The molecular formula is C20H23NO3S. The van der Waals surface area contributed by atoms with Gasteiger partial charge in [0.2, 0.25) is 0 Å². The highest BCUT2D eigenvalue weighted by atomic mass is 32.2. The van der Waals surface area contributed by atoms with E-state index in [0.29, 0.717) is 13.2 Å². The van der Waals surface area contributed by atoms with Crippen molar-refractivity contribution < 1.29 is 13.2 Å². The van der Waals surface area contributed by atoms with E-state index >= 15 is 0 Å².